The number of rotatable bonds is 4. The van der Waals surface area contributed by atoms with Crippen molar-refractivity contribution in [2.45, 2.75) is 0 Å². The number of nitro groups is 1. The van der Waals surface area contributed by atoms with Crippen molar-refractivity contribution in [3.05, 3.63) is 33.5 Å². The van der Waals surface area contributed by atoms with Gasteiger partial charge in [-0.05, 0) is 4.92 Å². The summed E-state index contributed by atoms with van der Waals surface area (Å²) < 4.78 is 0. The van der Waals surface area contributed by atoms with Crippen molar-refractivity contribution in [1.82, 2.24) is 15.5 Å². The van der Waals surface area contributed by atoms with Crippen LogP contribution in [-0.2, 0) is 0 Å². The van der Waals surface area contributed by atoms with Gasteiger partial charge in [-0.2, -0.15) is 0 Å². The van der Waals surface area contributed by atoms with Gasteiger partial charge in [0.25, 0.3) is 5.91 Å². The van der Waals surface area contributed by atoms with E-state index in [2.05, 4.69) is 22.1 Å². The van der Waals surface area contributed by atoms with E-state index in [-0.39, 0.29) is 17.3 Å². The predicted octanol–water partition coefficient (Wildman–Crippen LogP) is 0.887. The van der Waals surface area contributed by atoms with Crippen LogP contribution < -0.4 is 5.32 Å². The first-order valence-electron chi connectivity index (χ1n) is 3.85. The summed E-state index contributed by atoms with van der Waals surface area (Å²) in [5.41, 5.74) is -0.204. The van der Waals surface area contributed by atoms with Crippen LogP contribution in [0.4, 0.5) is 5.82 Å². The van der Waals surface area contributed by atoms with Gasteiger partial charge in [-0.15, -0.1) is 11.7 Å². The summed E-state index contributed by atoms with van der Waals surface area (Å²) in [5, 5.41) is 18.0. The van der Waals surface area contributed by atoms with Crippen LogP contribution in [0.2, 0.25) is 5.02 Å². The Morgan fingerprint density at radius 3 is 2.93 bits per heavy atom. The highest BCUT2D eigenvalue weighted by Crippen LogP contribution is 2.24. The second kappa shape index (κ2) is 4.56. The Hall–Kier alpha value is -1.89. The molecule has 0 aromatic carbocycles. The number of nitrogens with one attached hydrogen (secondary N) is 2. The standard InChI is InChI=1S/C7H7ClN4O3/c1-2-3-9-7(13)5-4(8)6(11-10-5)12(14)15/h2H,1,3H2,(H,9,13)(H,10,11). The van der Waals surface area contributed by atoms with Gasteiger partial charge in [0.05, 0.1) is 0 Å². The topological polar surface area (TPSA) is 101 Å². The number of aromatic nitrogens is 2. The lowest BCUT2D eigenvalue weighted by molar-refractivity contribution is -0.389. The van der Waals surface area contributed by atoms with Crippen LogP contribution in [-0.4, -0.2) is 27.6 Å². The predicted molar refractivity (Wildman–Crippen MR) is 52.8 cm³/mol. The highest BCUT2D eigenvalue weighted by molar-refractivity contribution is 6.35. The van der Waals surface area contributed by atoms with Gasteiger partial charge in [0.2, 0.25) is 0 Å². The minimum Gasteiger partial charge on any atom is -0.358 e. The molecule has 0 bridgehead atoms. The molecule has 0 radical (unpaired) electrons. The molecule has 0 unspecified atom stereocenters. The Bertz CT molecular complexity index is 414. The summed E-state index contributed by atoms with van der Waals surface area (Å²) in [7, 11) is 0. The molecule has 1 amide bonds. The maximum atomic E-state index is 11.3. The molecule has 8 heteroatoms. The molecule has 0 fully saturated rings. The molecule has 1 heterocycles. The molecule has 0 aliphatic heterocycles. The van der Waals surface area contributed by atoms with Gasteiger partial charge in [-0.1, -0.05) is 22.8 Å². The second-order valence-electron chi connectivity index (χ2n) is 2.49. The van der Waals surface area contributed by atoms with Gasteiger partial charge in [-0.25, -0.2) is 0 Å². The molecule has 1 aromatic heterocycles. The van der Waals surface area contributed by atoms with Gasteiger partial charge in [0.1, 0.15) is 0 Å². The van der Waals surface area contributed by atoms with E-state index < -0.39 is 16.6 Å². The fourth-order valence-electron chi connectivity index (χ4n) is 0.839. The first-order valence-corrected chi connectivity index (χ1v) is 4.23. The van der Waals surface area contributed by atoms with Gasteiger partial charge < -0.3 is 15.4 Å². The number of amides is 1. The lowest BCUT2D eigenvalue weighted by atomic mass is 10.4. The van der Waals surface area contributed by atoms with Crippen molar-refractivity contribution in [1.29, 1.82) is 0 Å². The molecular formula is C7H7ClN4O3. The average molecular weight is 231 g/mol. The molecule has 80 valence electrons. The van der Waals surface area contributed by atoms with Gasteiger partial charge in [-0.3, -0.25) is 4.79 Å². The molecule has 0 atom stereocenters. The van der Waals surface area contributed by atoms with Crippen LogP contribution >= 0.6 is 11.6 Å². The Morgan fingerprint density at radius 2 is 2.47 bits per heavy atom. The monoisotopic (exact) mass is 230 g/mol. The van der Waals surface area contributed by atoms with Crippen molar-refractivity contribution in [3.8, 4) is 0 Å². The molecule has 2 N–H and O–H groups in total. The van der Waals surface area contributed by atoms with Crippen molar-refractivity contribution < 1.29 is 9.72 Å². The average Bonchev–Trinajstić information content (AvgIpc) is 2.56. The SMILES string of the molecule is C=CCNC(=O)c1n[nH]c([N+](=O)[O-])c1Cl. The van der Waals surface area contributed by atoms with Crippen molar-refractivity contribution >= 4 is 23.3 Å². The van der Waals surface area contributed by atoms with Crippen LogP contribution in [0, 0.1) is 10.1 Å². The van der Waals surface area contributed by atoms with Gasteiger partial charge in [0, 0.05) is 6.54 Å². The summed E-state index contributed by atoms with van der Waals surface area (Å²) in [6.45, 7) is 3.63. The molecule has 0 spiro atoms. The summed E-state index contributed by atoms with van der Waals surface area (Å²) in [6.07, 6.45) is 1.47. The van der Waals surface area contributed by atoms with Crippen LogP contribution in [0.5, 0.6) is 0 Å². The van der Waals surface area contributed by atoms with Crippen LogP contribution in [0.15, 0.2) is 12.7 Å². The minimum absolute atomic E-state index is 0.204. The largest absolute Gasteiger partial charge is 0.362 e. The Kier molecular flexibility index (Phi) is 3.40. The van der Waals surface area contributed by atoms with E-state index in [4.69, 9.17) is 11.6 Å². The molecule has 0 aliphatic rings. The third kappa shape index (κ3) is 2.32. The number of H-pyrrole nitrogens is 1. The van der Waals surface area contributed by atoms with E-state index in [1.807, 2.05) is 0 Å². The Morgan fingerprint density at radius 1 is 1.80 bits per heavy atom. The number of carbonyl (C=O) groups is 1. The van der Waals surface area contributed by atoms with E-state index in [9.17, 15) is 14.9 Å². The lowest BCUT2D eigenvalue weighted by Crippen LogP contribution is -2.23. The van der Waals surface area contributed by atoms with E-state index >= 15 is 0 Å². The second-order valence-corrected chi connectivity index (χ2v) is 2.87. The fraction of sp³-hybridized carbons (Fsp3) is 0.143. The first kappa shape index (κ1) is 11.2. The van der Waals surface area contributed by atoms with E-state index in [1.54, 1.807) is 0 Å². The first-order chi connectivity index (χ1) is 7.07. The van der Waals surface area contributed by atoms with Crippen LogP contribution in [0.1, 0.15) is 10.5 Å². The van der Waals surface area contributed by atoms with E-state index in [0.29, 0.717) is 0 Å². The quantitative estimate of drug-likeness (QED) is 0.456. The third-order valence-corrected chi connectivity index (χ3v) is 1.85. The highest BCUT2D eigenvalue weighted by Gasteiger charge is 2.24. The smallest absolute Gasteiger partial charge is 0.358 e. The Balaban J connectivity index is 2.91. The van der Waals surface area contributed by atoms with Crippen LogP contribution in [0.25, 0.3) is 0 Å². The zero-order valence-corrected chi connectivity index (χ0v) is 8.24. The zero-order chi connectivity index (χ0) is 11.4. The van der Waals surface area contributed by atoms with Gasteiger partial charge in [0.15, 0.2) is 10.7 Å². The molecule has 15 heavy (non-hydrogen) atoms. The molecular weight excluding hydrogens is 224 g/mol. The minimum atomic E-state index is -0.750. The maximum Gasteiger partial charge on any atom is 0.362 e. The number of halogens is 1. The molecule has 1 aromatic rings. The summed E-state index contributed by atoms with van der Waals surface area (Å²) in [5.74, 6) is -1.09. The highest BCUT2D eigenvalue weighted by atomic mass is 35.5. The Labute approximate surface area is 89.3 Å². The third-order valence-electron chi connectivity index (χ3n) is 1.49. The lowest BCUT2D eigenvalue weighted by Gasteiger charge is -1.96. The summed E-state index contributed by atoms with van der Waals surface area (Å²) in [6, 6.07) is 0. The molecule has 0 aliphatic carbocycles. The normalized spacial score (nSPS) is 9.67. The van der Waals surface area contributed by atoms with Gasteiger partial charge >= 0.3 is 5.82 Å². The molecule has 7 nitrogen and oxygen atoms in total. The van der Waals surface area contributed by atoms with Crippen molar-refractivity contribution in [3.63, 3.8) is 0 Å². The zero-order valence-electron chi connectivity index (χ0n) is 7.49. The number of hydrogen-bond donors (Lipinski definition) is 2. The van der Waals surface area contributed by atoms with E-state index in [0.717, 1.165) is 0 Å². The van der Waals surface area contributed by atoms with E-state index in [1.165, 1.54) is 6.08 Å². The number of carbonyl (C=O) groups excluding carboxylic acids is 1. The van der Waals surface area contributed by atoms with Crippen molar-refractivity contribution in [2.75, 3.05) is 6.54 Å². The van der Waals surface area contributed by atoms with Crippen LogP contribution in [0.3, 0.4) is 0 Å². The molecule has 0 saturated carbocycles. The maximum absolute atomic E-state index is 11.3. The summed E-state index contributed by atoms with van der Waals surface area (Å²) in [4.78, 5) is 20.9. The fourth-order valence-corrected chi connectivity index (χ4v) is 1.08. The molecule has 0 saturated heterocycles. The number of hydrogen-bond acceptors (Lipinski definition) is 4. The number of nitrogens with zero attached hydrogens (tertiary/aromatic N) is 2. The summed E-state index contributed by atoms with van der Waals surface area (Å²) >= 11 is 5.57. The van der Waals surface area contributed by atoms with Crippen molar-refractivity contribution in [2.24, 2.45) is 0 Å². The molecule has 1 rings (SSSR count). The number of aromatic amines is 1.